The zero-order valence-electron chi connectivity index (χ0n) is 12.4. The number of hydrogen-bond acceptors (Lipinski definition) is 4. The van der Waals surface area contributed by atoms with E-state index >= 15 is 0 Å². The maximum absolute atomic E-state index is 12.8. The minimum atomic E-state index is -4.56. The lowest BCUT2D eigenvalue weighted by molar-refractivity contribution is -0.141. The third kappa shape index (κ3) is 2.78. The lowest BCUT2D eigenvalue weighted by atomic mass is 10.2. The molecule has 0 saturated carbocycles. The Morgan fingerprint density at radius 3 is 2.62 bits per heavy atom. The molecule has 0 aliphatic heterocycles. The molecule has 0 aromatic carbocycles. The van der Waals surface area contributed by atoms with E-state index in [0.717, 1.165) is 12.3 Å². The van der Waals surface area contributed by atoms with Crippen LogP contribution in [-0.4, -0.2) is 30.0 Å². The van der Waals surface area contributed by atoms with E-state index in [4.69, 9.17) is 11.6 Å². The van der Waals surface area contributed by atoms with Gasteiger partial charge in [0, 0.05) is 19.5 Å². The van der Waals surface area contributed by atoms with Gasteiger partial charge in [-0.05, 0) is 12.1 Å². The van der Waals surface area contributed by atoms with Crippen molar-refractivity contribution in [2.75, 3.05) is 6.26 Å². The maximum Gasteiger partial charge on any atom is 0.433 e. The molecule has 3 heterocycles. The fraction of sp³-hybridized carbons (Fsp3) is 0.214. The summed E-state index contributed by atoms with van der Waals surface area (Å²) in [7, 11) is 0.172. The molecule has 0 bridgehead atoms. The van der Waals surface area contributed by atoms with Crippen molar-refractivity contribution in [2.45, 2.75) is 11.2 Å². The predicted molar refractivity (Wildman–Crippen MR) is 84.1 cm³/mol. The SMILES string of the molecule is Cn1c(-c2c(Cl)ccnc2S(C)=O)nc2cc(C(F)(F)F)ncc21. The number of imidazole rings is 1. The van der Waals surface area contributed by atoms with Gasteiger partial charge in [-0.3, -0.25) is 4.21 Å². The molecule has 5 nitrogen and oxygen atoms in total. The van der Waals surface area contributed by atoms with Crippen molar-refractivity contribution in [1.82, 2.24) is 19.5 Å². The van der Waals surface area contributed by atoms with Gasteiger partial charge in [0.25, 0.3) is 0 Å². The summed E-state index contributed by atoms with van der Waals surface area (Å²) in [5, 5.41) is 0.475. The van der Waals surface area contributed by atoms with Crippen molar-refractivity contribution in [1.29, 1.82) is 0 Å². The number of fused-ring (bicyclic) bond motifs is 1. The van der Waals surface area contributed by atoms with Crippen molar-refractivity contribution in [3.63, 3.8) is 0 Å². The van der Waals surface area contributed by atoms with Crippen LogP contribution in [0.5, 0.6) is 0 Å². The quantitative estimate of drug-likeness (QED) is 0.689. The van der Waals surface area contributed by atoms with Crippen LogP contribution in [0.2, 0.25) is 5.02 Å². The number of pyridine rings is 2. The van der Waals surface area contributed by atoms with Gasteiger partial charge in [-0.2, -0.15) is 13.2 Å². The Kier molecular flexibility index (Phi) is 4.08. The Morgan fingerprint density at radius 1 is 1.29 bits per heavy atom. The van der Waals surface area contributed by atoms with Crippen LogP contribution >= 0.6 is 11.6 Å². The van der Waals surface area contributed by atoms with E-state index in [1.807, 2.05) is 0 Å². The van der Waals surface area contributed by atoms with Gasteiger partial charge in [-0.15, -0.1) is 0 Å². The second kappa shape index (κ2) is 5.82. The average Bonchev–Trinajstić information content (AvgIpc) is 2.82. The number of rotatable bonds is 2. The fourth-order valence-electron chi connectivity index (χ4n) is 2.31. The van der Waals surface area contributed by atoms with Crippen LogP contribution in [0, 0.1) is 0 Å². The zero-order chi connectivity index (χ0) is 17.6. The van der Waals surface area contributed by atoms with E-state index in [-0.39, 0.29) is 21.4 Å². The third-order valence-electron chi connectivity index (χ3n) is 3.42. The predicted octanol–water partition coefficient (Wildman–Crippen LogP) is 3.44. The lowest BCUT2D eigenvalue weighted by Gasteiger charge is -2.08. The van der Waals surface area contributed by atoms with Crippen LogP contribution in [0.4, 0.5) is 13.2 Å². The summed E-state index contributed by atoms with van der Waals surface area (Å²) in [5.74, 6) is 0.273. The van der Waals surface area contributed by atoms with Gasteiger partial charge in [-0.25, -0.2) is 15.0 Å². The number of aromatic nitrogens is 4. The van der Waals surface area contributed by atoms with Gasteiger partial charge in [0.05, 0.1) is 38.6 Å². The molecule has 0 N–H and O–H groups in total. The molecule has 3 aromatic rings. The first kappa shape index (κ1) is 16.8. The van der Waals surface area contributed by atoms with Crippen molar-refractivity contribution in [3.8, 4) is 11.4 Å². The largest absolute Gasteiger partial charge is 0.433 e. The summed E-state index contributed by atoms with van der Waals surface area (Å²) in [4.78, 5) is 11.7. The molecule has 0 radical (unpaired) electrons. The van der Waals surface area contributed by atoms with Crippen LogP contribution in [0.15, 0.2) is 29.6 Å². The number of alkyl halides is 3. The molecule has 126 valence electrons. The molecule has 0 aliphatic carbocycles. The zero-order valence-corrected chi connectivity index (χ0v) is 14.0. The Labute approximate surface area is 142 Å². The molecule has 10 heteroatoms. The van der Waals surface area contributed by atoms with Crippen LogP contribution < -0.4 is 0 Å². The van der Waals surface area contributed by atoms with E-state index in [1.54, 1.807) is 11.6 Å². The molecule has 3 aromatic heterocycles. The highest BCUT2D eigenvalue weighted by Gasteiger charge is 2.33. The highest BCUT2D eigenvalue weighted by Crippen LogP contribution is 2.34. The Morgan fingerprint density at radius 2 is 2.00 bits per heavy atom. The first-order valence-electron chi connectivity index (χ1n) is 6.58. The summed E-state index contributed by atoms with van der Waals surface area (Å²) < 4.78 is 51.9. The highest BCUT2D eigenvalue weighted by atomic mass is 35.5. The van der Waals surface area contributed by atoms with E-state index < -0.39 is 22.7 Å². The molecule has 1 atom stereocenters. The second-order valence-corrected chi connectivity index (χ2v) is 6.68. The molecule has 0 saturated heterocycles. The Balaban J connectivity index is 2.29. The monoisotopic (exact) mass is 374 g/mol. The smallest absolute Gasteiger partial charge is 0.326 e. The van der Waals surface area contributed by atoms with Gasteiger partial charge in [-0.1, -0.05) is 11.6 Å². The van der Waals surface area contributed by atoms with Gasteiger partial charge in [0.1, 0.15) is 16.5 Å². The van der Waals surface area contributed by atoms with Crippen molar-refractivity contribution < 1.29 is 17.4 Å². The van der Waals surface area contributed by atoms with Gasteiger partial charge in [0.2, 0.25) is 0 Å². The Bertz CT molecular complexity index is 971. The molecule has 1 unspecified atom stereocenters. The van der Waals surface area contributed by atoms with Gasteiger partial charge < -0.3 is 4.57 Å². The molecule has 0 amide bonds. The van der Waals surface area contributed by atoms with Crippen LogP contribution in [-0.2, 0) is 24.0 Å². The van der Waals surface area contributed by atoms with Gasteiger partial charge >= 0.3 is 6.18 Å². The fourth-order valence-corrected chi connectivity index (χ4v) is 3.29. The first-order valence-corrected chi connectivity index (χ1v) is 8.51. The lowest BCUT2D eigenvalue weighted by Crippen LogP contribution is -2.07. The van der Waals surface area contributed by atoms with Gasteiger partial charge in [0.15, 0.2) is 0 Å². The van der Waals surface area contributed by atoms with Crippen LogP contribution in [0.1, 0.15) is 5.69 Å². The molecule has 0 spiro atoms. The summed E-state index contributed by atoms with van der Waals surface area (Å²) in [6.07, 6.45) is -0.613. The number of nitrogens with zero attached hydrogens (tertiary/aromatic N) is 4. The summed E-state index contributed by atoms with van der Waals surface area (Å²) in [6, 6.07) is 2.37. The summed E-state index contributed by atoms with van der Waals surface area (Å²) >= 11 is 6.19. The third-order valence-corrected chi connectivity index (χ3v) is 4.59. The Hall–Kier alpha value is -2.00. The first-order chi connectivity index (χ1) is 11.2. The normalized spacial score (nSPS) is 13.4. The van der Waals surface area contributed by atoms with Crippen molar-refractivity contribution in [3.05, 3.63) is 35.2 Å². The summed E-state index contributed by atoms with van der Waals surface area (Å²) in [6.45, 7) is 0. The van der Waals surface area contributed by atoms with Crippen molar-refractivity contribution in [2.24, 2.45) is 7.05 Å². The van der Waals surface area contributed by atoms with E-state index in [1.165, 1.54) is 18.5 Å². The van der Waals surface area contributed by atoms with Crippen molar-refractivity contribution >= 4 is 33.4 Å². The minimum absolute atomic E-state index is 0.114. The number of aryl methyl sites for hydroxylation is 1. The molecule has 3 rings (SSSR count). The van der Waals surface area contributed by atoms with Crippen LogP contribution in [0.3, 0.4) is 0 Å². The average molecular weight is 375 g/mol. The maximum atomic E-state index is 12.8. The van der Waals surface area contributed by atoms with Crippen LogP contribution in [0.25, 0.3) is 22.4 Å². The van der Waals surface area contributed by atoms with E-state index in [0.29, 0.717) is 11.1 Å². The molecule has 0 aliphatic rings. The topological polar surface area (TPSA) is 60.7 Å². The number of halogens is 4. The molecule has 24 heavy (non-hydrogen) atoms. The highest BCUT2D eigenvalue weighted by molar-refractivity contribution is 7.84. The number of hydrogen-bond donors (Lipinski definition) is 0. The molecule has 0 fully saturated rings. The molecular formula is C14H10ClF3N4OS. The standard InChI is InChI=1S/C14H10ClF3N4OS/c1-22-9-6-20-10(14(16,17)18)5-8(9)21-12(22)11-7(15)3-4-19-13(11)24(2)23/h3-6H,1-2H3. The summed E-state index contributed by atoms with van der Waals surface area (Å²) in [5.41, 5.74) is -0.197. The van der Waals surface area contributed by atoms with E-state index in [9.17, 15) is 17.4 Å². The second-order valence-electron chi connectivity index (χ2n) is 4.98. The minimum Gasteiger partial charge on any atom is -0.326 e. The van der Waals surface area contributed by atoms with E-state index in [2.05, 4.69) is 15.0 Å². The molecular weight excluding hydrogens is 365 g/mol.